The van der Waals surface area contributed by atoms with E-state index in [9.17, 15) is 4.79 Å². The van der Waals surface area contributed by atoms with Crippen molar-refractivity contribution in [2.45, 2.75) is 44.9 Å². The molecule has 0 saturated heterocycles. The van der Waals surface area contributed by atoms with Gasteiger partial charge in [-0.25, -0.2) is 0 Å². The molecule has 0 radical (unpaired) electrons. The molecule has 0 atom stereocenters. The van der Waals surface area contributed by atoms with Gasteiger partial charge in [-0.15, -0.1) is 10.2 Å². The van der Waals surface area contributed by atoms with Crippen molar-refractivity contribution >= 4 is 17.7 Å². The lowest BCUT2D eigenvalue weighted by atomic mass is 10.0. The molecule has 0 fully saturated rings. The fraction of sp³-hybridized carbons (Fsp3) is 0.438. The summed E-state index contributed by atoms with van der Waals surface area (Å²) in [5, 5.41) is 11.4. The Kier molecular flexibility index (Phi) is 5.24. The molecule has 0 aliphatic heterocycles. The van der Waals surface area contributed by atoms with Crippen LogP contribution < -0.4 is 5.32 Å². The largest absolute Gasteiger partial charge is 0.411 e. The van der Waals surface area contributed by atoms with Gasteiger partial charge >= 0.3 is 0 Å². The standard InChI is InChI=1S/C16H21N3O2S/c1-5-16(3,4)17-13(20)10-22-15-19-18-14(21-15)12-9-7-6-8-11(12)2/h6-9H,5,10H2,1-4H3,(H,17,20). The number of carbonyl (C=O) groups excluding carboxylic acids is 1. The van der Waals surface area contributed by atoms with Crippen LogP contribution >= 0.6 is 11.8 Å². The molecule has 2 aromatic rings. The minimum absolute atomic E-state index is 0.0347. The van der Waals surface area contributed by atoms with E-state index >= 15 is 0 Å². The molecule has 0 aliphatic carbocycles. The number of nitrogens with zero attached hydrogens (tertiary/aromatic N) is 2. The third-order valence-corrected chi connectivity index (χ3v) is 4.29. The van der Waals surface area contributed by atoms with Crippen LogP contribution in [0.15, 0.2) is 33.9 Å². The Morgan fingerprint density at radius 3 is 2.73 bits per heavy atom. The molecular weight excluding hydrogens is 298 g/mol. The molecule has 6 heteroatoms. The van der Waals surface area contributed by atoms with E-state index in [-0.39, 0.29) is 17.2 Å². The van der Waals surface area contributed by atoms with Gasteiger partial charge in [0, 0.05) is 11.1 Å². The zero-order chi connectivity index (χ0) is 16.2. The van der Waals surface area contributed by atoms with Gasteiger partial charge in [0.05, 0.1) is 5.75 Å². The van der Waals surface area contributed by atoms with Crippen molar-refractivity contribution in [3.05, 3.63) is 29.8 Å². The number of thioether (sulfide) groups is 1. The molecule has 5 nitrogen and oxygen atoms in total. The topological polar surface area (TPSA) is 68.0 Å². The van der Waals surface area contributed by atoms with Gasteiger partial charge < -0.3 is 9.73 Å². The first-order valence-electron chi connectivity index (χ1n) is 7.24. The Morgan fingerprint density at radius 2 is 2.05 bits per heavy atom. The second-order valence-corrected chi connectivity index (χ2v) is 6.69. The van der Waals surface area contributed by atoms with Gasteiger partial charge in [-0.3, -0.25) is 4.79 Å². The average molecular weight is 319 g/mol. The Bertz CT molecular complexity index is 652. The third kappa shape index (κ3) is 4.34. The highest BCUT2D eigenvalue weighted by Gasteiger charge is 2.19. The monoisotopic (exact) mass is 319 g/mol. The molecule has 0 aliphatic rings. The summed E-state index contributed by atoms with van der Waals surface area (Å²) >= 11 is 1.25. The molecule has 1 aromatic heterocycles. The van der Waals surface area contributed by atoms with E-state index in [1.807, 2.05) is 52.0 Å². The number of hydrogen-bond acceptors (Lipinski definition) is 5. The summed E-state index contributed by atoms with van der Waals surface area (Å²) in [6, 6.07) is 7.82. The van der Waals surface area contributed by atoms with Gasteiger partial charge in [-0.2, -0.15) is 0 Å². The second kappa shape index (κ2) is 6.96. The minimum Gasteiger partial charge on any atom is -0.411 e. The summed E-state index contributed by atoms with van der Waals surface area (Å²) in [6.45, 7) is 8.03. The van der Waals surface area contributed by atoms with Gasteiger partial charge in [0.25, 0.3) is 5.22 Å². The quantitative estimate of drug-likeness (QED) is 0.826. The Hall–Kier alpha value is -1.82. The zero-order valence-corrected chi connectivity index (χ0v) is 14.2. The summed E-state index contributed by atoms with van der Waals surface area (Å²) < 4.78 is 5.62. The predicted molar refractivity (Wildman–Crippen MR) is 87.7 cm³/mol. The van der Waals surface area contributed by atoms with E-state index in [1.54, 1.807) is 0 Å². The zero-order valence-electron chi connectivity index (χ0n) is 13.3. The summed E-state index contributed by atoms with van der Waals surface area (Å²) in [5.74, 6) is 0.709. The van der Waals surface area contributed by atoms with Crippen LogP contribution in [0.25, 0.3) is 11.5 Å². The van der Waals surface area contributed by atoms with E-state index < -0.39 is 0 Å². The van der Waals surface area contributed by atoms with Crippen molar-refractivity contribution < 1.29 is 9.21 Å². The van der Waals surface area contributed by atoms with Crippen molar-refractivity contribution in [3.63, 3.8) is 0 Å². The number of benzene rings is 1. The number of nitrogens with one attached hydrogen (secondary N) is 1. The van der Waals surface area contributed by atoms with Crippen LogP contribution in [-0.2, 0) is 4.79 Å². The van der Waals surface area contributed by atoms with Gasteiger partial charge in [0.15, 0.2) is 0 Å². The van der Waals surface area contributed by atoms with Crippen molar-refractivity contribution in [1.29, 1.82) is 0 Å². The smallest absolute Gasteiger partial charge is 0.277 e. The first-order chi connectivity index (χ1) is 10.4. The maximum absolute atomic E-state index is 11.9. The maximum Gasteiger partial charge on any atom is 0.277 e. The molecule has 22 heavy (non-hydrogen) atoms. The lowest BCUT2D eigenvalue weighted by Gasteiger charge is -2.24. The molecule has 1 N–H and O–H groups in total. The Balaban J connectivity index is 1.96. The first-order valence-corrected chi connectivity index (χ1v) is 8.23. The number of carbonyl (C=O) groups is 1. The molecule has 0 spiro atoms. The van der Waals surface area contributed by atoms with Gasteiger partial charge in [-0.05, 0) is 38.8 Å². The molecule has 1 heterocycles. The number of amides is 1. The Morgan fingerprint density at radius 1 is 1.32 bits per heavy atom. The SMILES string of the molecule is CCC(C)(C)NC(=O)CSc1nnc(-c2ccccc2C)o1. The van der Waals surface area contributed by atoms with E-state index in [4.69, 9.17) is 4.42 Å². The molecule has 0 saturated carbocycles. The highest BCUT2D eigenvalue weighted by Crippen LogP contribution is 2.25. The van der Waals surface area contributed by atoms with E-state index in [2.05, 4.69) is 15.5 Å². The van der Waals surface area contributed by atoms with E-state index in [0.717, 1.165) is 17.5 Å². The number of hydrogen-bond donors (Lipinski definition) is 1. The maximum atomic E-state index is 11.9. The third-order valence-electron chi connectivity index (χ3n) is 3.47. The number of rotatable bonds is 6. The normalized spacial score (nSPS) is 11.5. The molecular formula is C16H21N3O2S. The van der Waals surface area contributed by atoms with Crippen molar-refractivity contribution in [2.24, 2.45) is 0 Å². The van der Waals surface area contributed by atoms with Crippen LogP contribution in [0.2, 0.25) is 0 Å². The second-order valence-electron chi connectivity index (χ2n) is 5.76. The molecule has 2 rings (SSSR count). The fourth-order valence-corrected chi connectivity index (χ4v) is 2.38. The van der Waals surface area contributed by atoms with Gasteiger partial charge in [0.2, 0.25) is 11.8 Å². The summed E-state index contributed by atoms with van der Waals surface area (Å²) in [4.78, 5) is 11.9. The summed E-state index contributed by atoms with van der Waals surface area (Å²) in [6.07, 6.45) is 0.876. The number of aryl methyl sites for hydroxylation is 1. The van der Waals surface area contributed by atoms with Gasteiger partial charge in [0.1, 0.15) is 0 Å². The summed E-state index contributed by atoms with van der Waals surface area (Å²) in [7, 11) is 0. The van der Waals surface area contributed by atoms with Crippen LogP contribution in [0.1, 0.15) is 32.8 Å². The predicted octanol–water partition coefficient (Wildman–Crippen LogP) is 3.44. The highest BCUT2D eigenvalue weighted by atomic mass is 32.2. The number of aromatic nitrogens is 2. The van der Waals surface area contributed by atoms with E-state index in [1.165, 1.54) is 11.8 Å². The molecule has 1 aromatic carbocycles. The average Bonchev–Trinajstić information content (AvgIpc) is 2.94. The molecule has 0 bridgehead atoms. The van der Waals surface area contributed by atoms with Crippen LogP contribution in [0.5, 0.6) is 0 Å². The minimum atomic E-state index is -0.196. The van der Waals surface area contributed by atoms with Crippen LogP contribution in [-0.4, -0.2) is 27.4 Å². The lowest BCUT2D eigenvalue weighted by Crippen LogP contribution is -2.43. The van der Waals surface area contributed by atoms with Crippen LogP contribution in [0, 0.1) is 6.92 Å². The highest BCUT2D eigenvalue weighted by molar-refractivity contribution is 7.99. The molecule has 0 unspecified atom stereocenters. The van der Waals surface area contributed by atoms with Gasteiger partial charge in [-0.1, -0.05) is 36.9 Å². The van der Waals surface area contributed by atoms with E-state index in [0.29, 0.717) is 11.1 Å². The van der Waals surface area contributed by atoms with Crippen LogP contribution in [0.4, 0.5) is 0 Å². The molecule has 118 valence electrons. The summed E-state index contributed by atoms with van der Waals surface area (Å²) in [5.41, 5.74) is 1.79. The Labute approximate surface area is 134 Å². The first kappa shape index (κ1) is 16.5. The van der Waals surface area contributed by atoms with Crippen LogP contribution in [0.3, 0.4) is 0 Å². The lowest BCUT2D eigenvalue weighted by molar-refractivity contribution is -0.120. The van der Waals surface area contributed by atoms with Crippen molar-refractivity contribution in [2.75, 3.05) is 5.75 Å². The van der Waals surface area contributed by atoms with Crippen molar-refractivity contribution in [3.8, 4) is 11.5 Å². The molecule has 1 amide bonds. The van der Waals surface area contributed by atoms with Crippen molar-refractivity contribution in [1.82, 2.24) is 15.5 Å². The fourth-order valence-electron chi connectivity index (χ4n) is 1.82.